The van der Waals surface area contributed by atoms with Crippen LogP contribution >= 0.6 is 70.6 Å². The summed E-state index contributed by atoms with van der Waals surface area (Å²) in [7, 11) is 0. The third-order valence-electron chi connectivity index (χ3n) is 15.9. The molecule has 0 radical (unpaired) electrons. The van der Waals surface area contributed by atoms with Crippen LogP contribution < -0.4 is 28.4 Å². The molecule has 7 aromatic carbocycles. The van der Waals surface area contributed by atoms with Crippen molar-refractivity contribution in [1.82, 2.24) is 29.9 Å². The Morgan fingerprint density at radius 3 is 0.522 bits per heavy atom. The first-order chi connectivity index (χ1) is 44.5. The quantitative estimate of drug-likeness (QED) is 0.156. The fourth-order valence-corrected chi connectivity index (χ4v) is 17.5. The van der Waals surface area contributed by atoms with Gasteiger partial charge in [0.25, 0.3) is 0 Å². The van der Waals surface area contributed by atoms with Gasteiger partial charge in [0.1, 0.15) is 64.7 Å². The summed E-state index contributed by atoms with van der Waals surface area (Å²) in [5, 5.41) is 4.68. The van der Waals surface area contributed by atoms with Crippen LogP contribution in [0.5, 0.6) is 69.0 Å². The van der Waals surface area contributed by atoms with Gasteiger partial charge in [0, 0.05) is 37.2 Å². The van der Waals surface area contributed by atoms with Gasteiger partial charge >= 0.3 is 0 Å². The molecule has 6 aromatic heterocycles. The molecular formula is C72H36N6O6S6. The highest BCUT2D eigenvalue weighted by molar-refractivity contribution is 8.00. The normalized spacial score (nSPS) is 13.6. The summed E-state index contributed by atoms with van der Waals surface area (Å²) >= 11 is 9.56. The van der Waals surface area contributed by atoms with E-state index >= 15 is 0 Å². The van der Waals surface area contributed by atoms with E-state index in [2.05, 4.69) is 109 Å². The Kier molecular flexibility index (Phi) is 12.2. The lowest BCUT2D eigenvalue weighted by molar-refractivity contribution is 0.449. The van der Waals surface area contributed by atoms with E-state index in [1.165, 1.54) is 0 Å². The van der Waals surface area contributed by atoms with Crippen molar-refractivity contribution in [3.05, 3.63) is 219 Å². The predicted octanol–water partition coefficient (Wildman–Crippen LogP) is 21.6. The van der Waals surface area contributed by atoms with Gasteiger partial charge in [0.15, 0.2) is 34.5 Å². The molecule has 0 spiro atoms. The highest BCUT2D eigenvalue weighted by Crippen LogP contribution is 2.62. The zero-order valence-corrected chi connectivity index (χ0v) is 51.3. The van der Waals surface area contributed by atoms with Crippen molar-refractivity contribution >= 4 is 70.6 Å². The highest BCUT2D eigenvalue weighted by atomic mass is 32.2. The number of ether oxygens (including phenoxy) is 6. The van der Waals surface area contributed by atoms with Crippen LogP contribution in [0.4, 0.5) is 0 Å². The lowest BCUT2D eigenvalue weighted by Gasteiger charge is -2.31. The zero-order chi connectivity index (χ0) is 59.0. The Morgan fingerprint density at radius 2 is 0.356 bits per heavy atom. The highest BCUT2D eigenvalue weighted by Gasteiger charge is 2.35. The number of hydrogen-bond acceptors (Lipinski definition) is 18. The van der Waals surface area contributed by atoms with E-state index in [1.54, 1.807) is 70.6 Å². The fraction of sp³-hybridized carbons (Fsp3) is 0. The van der Waals surface area contributed by atoms with Gasteiger partial charge in [0.2, 0.25) is 0 Å². The molecule has 0 unspecified atom stereocenters. The number of aromatic nitrogens is 6. The Morgan fingerprint density at radius 1 is 0.189 bits per heavy atom. The lowest BCUT2D eigenvalue weighted by Crippen LogP contribution is -2.05. The van der Waals surface area contributed by atoms with Crippen molar-refractivity contribution in [2.24, 2.45) is 0 Å². The fourth-order valence-electron chi connectivity index (χ4n) is 12.0. The van der Waals surface area contributed by atoms with Crippen molar-refractivity contribution in [2.45, 2.75) is 59.5 Å². The Labute approximate surface area is 539 Å². The first kappa shape index (κ1) is 52.3. The lowest BCUT2D eigenvalue weighted by atomic mass is 9.74. The number of rotatable bonds is 6. The third-order valence-corrected chi connectivity index (χ3v) is 22.1. The van der Waals surface area contributed by atoms with Gasteiger partial charge in [-0.15, -0.1) is 0 Å². The minimum atomic E-state index is 0.708. The molecule has 0 bridgehead atoms. The third kappa shape index (κ3) is 8.83. The van der Waals surface area contributed by atoms with Crippen molar-refractivity contribution in [3.8, 4) is 136 Å². The summed E-state index contributed by atoms with van der Waals surface area (Å²) < 4.78 is 40.1. The van der Waals surface area contributed by atoms with E-state index < -0.39 is 0 Å². The SMILES string of the molecule is c1cnc2c(c1)Oc1ccc(-c3c(-c4ccc5c(c4)Sc4ncccc4O5)c(-c4ccc5c(c4)Sc4ncccc4O5)c(-c4ccc5c(c4)Sc4ncccc4O5)c(-c4ccc5c(c4)Sc4ncccc4O5)c3-c3ccc4c(c3)Sc3ncccc3O4)cc1S2. The maximum Gasteiger partial charge on any atom is 0.160 e. The molecule has 0 saturated heterocycles. The summed E-state index contributed by atoms with van der Waals surface area (Å²) in [5.41, 5.74) is 11.3. The van der Waals surface area contributed by atoms with Crippen LogP contribution in [0.3, 0.4) is 0 Å². The van der Waals surface area contributed by atoms with Crippen LogP contribution in [-0.2, 0) is 0 Å². The molecule has 0 aliphatic carbocycles. The molecule has 0 amide bonds. The summed E-state index contributed by atoms with van der Waals surface area (Å²) in [6.45, 7) is 0. The van der Waals surface area contributed by atoms with Crippen molar-refractivity contribution < 1.29 is 28.4 Å². The summed E-state index contributed by atoms with van der Waals surface area (Å²) in [6.07, 6.45) is 10.8. The van der Waals surface area contributed by atoms with Gasteiger partial charge in [0.05, 0.1) is 29.4 Å². The molecule has 0 fully saturated rings. The Balaban J connectivity index is 0.975. The second-order valence-corrected chi connectivity index (χ2v) is 27.5. The van der Waals surface area contributed by atoms with Crippen LogP contribution in [0.1, 0.15) is 0 Å². The number of hydrogen-bond donors (Lipinski definition) is 0. The van der Waals surface area contributed by atoms with Gasteiger partial charge in [-0.1, -0.05) is 107 Å². The second kappa shape index (κ2) is 21.0. The number of pyridine rings is 6. The molecule has 13 aromatic rings. The molecule has 426 valence electrons. The van der Waals surface area contributed by atoms with Gasteiger partial charge in [-0.05, 0) is 212 Å². The Hall–Kier alpha value is -9.66. The van der Waals surface area contributed by atoms with E-state index in [-0.39, 0.29) is 0 Å². The molecule has 6 aliphatic rings. The molecule has 12 nitrogen and oxygen atoms in total. The van der Waals surface area contributed by atoms with Crippen molar-refractivity contribution in [2.75, 3.05) is 0 Å². The average Bonchev–Trinajstić information content (AvgIpc) is 0.727. The molecule has 90 heavy (non-hydrogen) atoms. The van der Waals surface area contributed by atoms with Crippen LogP contribution in [0, 0.1) is 0 Å². The van der Waals surface area contributed by atoms with Gasteiger partial charge in [-0.25, -0.2) is 29.9 Å². The van der Waals surface area contributed by atoms with E-state index in [4.69, 9.17) is 58.3 Å². The number of fused-ring (bicyclic) bond motifs is 12. The maximum atomic E-state index is 6.68. The largest absolute Gasteiger partial charge is 0.453 e. The van der Waals surface area contributed by atoms with Crippen molar-refractivity contribution in [1.29, 1.82) is 0 Å². The summed E-state index contributed by atoms with van der Waals surface area (Å²) in [5.74, 6) is 8.65. The first-order valence-corrected chi connectivity index (χ1v) is 33.3. The summed E-state index contributed by atoms with van der Waals surface area (Å²) in [4.78, 5) is 34.4. The van der Waals surface area contributed by atoms with Gasteiger partial charge in [-0.2, -0.15) is 0 Å². The maximum absolute atomic E-state index is 6.68. The van der Waals surface area contributed by atoms with Gasteiger partial charge < -0.3 is 28.4 Å². The Bertz CT molecular complexity index is 4430. The van der Waals surface area contributed by atoms with Crippen molar-refractivity contribution in [3.63, 3.8) is 0 Å². The second-order valence-electron chi connectivity index (χ2n) is 21.3. The van der Waals surface area contributed by atoms with E-state index in [9.17, 15) is 0 Å². The molecule has 0 atom stereocenters. The van der Waals surface area contributed by atoms with Crippen LogP contribution in [-0.4, -0.2) is 29.9 Å². The monoisotopic (exact) mass is 1270 g/mol. The first-order valence-electron chi connectivity index (χ1n) is 28.5. The minimum Gasteiger partial charge on any atom is -0.453 e. The zero-order valence-electron chi connectivity index (χ0n) is 46.4. The standard InChI is InChI=1S/C72H36N6O6S6/c1-7-49-67(73-25-1)85-55-31-37(13-19-43(55)79-49)61-62(38-14-20-44-56(32-38)86-68-50(80-44)8-2-26-74-68)64(40-16-22-46-58(34-40)88-70-52(82-46)10-4-28-76-70)66(42-18-24-48-60(36-42)90-72-54(84-48)12-6-30-78-72)65(41-17-23-47-59(35-41)89-71-53(83-47)11-5-29-77-71)63(61)39-15-21-45-57(33-39)87-69-51(81-45)9-3-27-75-69/h1-36H. The molecule has 19 rings (SSSR count). The smallest absolute Gasteiger partial charge is 0.160 e. The number of nitrogens with zero attached hydrogens (tertiary/aromatic N) is 6. The molecule has 18 heteroatoms. The van der Waals surface area contributed by atoms with Gasteiger partial charge in [-0.3, -0.25) is 0 Å². The predicted molar refractivity (Wildman–Crippen MR) is 350 cm³/mol. The number of benzene rings is 7. The summed E-state index contributed by atoms with van der Waals surface area (Å²) in [6, 6.07) is 62.5. The van der Waals surface area contributed by atoms with Crippen LogP contribution in [0.15, 0.2) is 279 Å². The van der Waals surface area contributed by atoms with Crippen LogP contribution in [0.2, 0.25) is 0 Å². The van der Waals surface area contributed by atoms with Crippen LogP contribution in [0.25, 0.3) is 66.8 Å². The molecular weight excluding hydrogens is 1240 g/mol. The van der Waals surface area contributed by atoms with E-state index in [0.29, 0.717) is 34.5 Å². The topological polar surface area (TPSA) is 133 Å². The molecule has 0 N–H and O–H groups in total. The average molecular weight is 1270 g/mol. The van der Waals surface area contributed by atoms with E-state index in [1.807, 2.05) is 110 Å². The van der Waals surface area contributed by atoms with E-state index in [0.717, 1.165) is 161 Å². The molecule has 6 aliphatic heterocycles. The molecule has 0 saturated carbocycles. The molecule has 12 heterocycles. The minimum absolute atomic E-state index is 0.708.